The third-order valence-corrected chi connectivity index (χ3v) is 5.74. The van der Waals surface area contributed by atoms with E-state index in [0.717, 1.165) is 38.0 Å². The zero-order valence-corrected chi connectivity index (χ0v) is 14.8. The number of nitrogens with zero attached hydrogens (tertiary/aromatic N) is 1. The summed E-state index contributed by atoms with van der Waals surface area (Å²) < 4.78 is 0. The standard InChI is InChI=1S/C20H25N3O3/c24-18-15-5-4-6-16(15)22-20(26)17(18)19(25)21-13-7-9-14(10-8-13)23-11-2-1-3-12-23/h7-10,15-16,24H,1-6,11-12H2,(H,21,25)(H,22,26)/t15-,16+/m0/s1. The second-order valence-corrected chi connectivity index (χ2v) is 7.43. The number of anilines is 2. The summed E-state index contributed by atoms with van der Waals surface area (Å²) >= 11 is 0. The lowest BCUT2D eigenvalue weighted by Gasteiger charge is -2.29. The van der Waals surface area contributed by atoms with Crippen LogP contribution >= 0.6 is 0 Å². The average Bonchev–Trinajstić information content (AvgIpc) is 3.12. The minimum absolute atomic E-state index is 0.0390. The highest BCUT2D eigenvalue weighted by Gasteiger charge is 2.41. The number of aliphatic hydroxyl groups is 1. The molecule has 0 radical (unpaired) electrons. The summed E-state index contributed by atoms with van der Waals surface area (Å²) in [6, 6.07) is 7.63. The van der Waals surface area contributed by atoms with Gasteiger partial charge in [0.15, 0.2) is 0 Å². The van der Waals surface area contributed by atoms with Gasteiger partial charge in [-0.05, 0) is 56.4 Å². The lowest BCUT2D eigenvalue weighted by Crippen LogP contribution is -2.46. The number of hydrogen-bond donors (Lipinski definition) is 3. The van der Waals surface area contributed by atoms with E-state index in [2.05, 4.69) is 15.5 Å². The molecular weight excluding hydrogens is 330 g/mol. The Morgan fingerprint density at radius 1 is 1.08 bits per heavy atom. The van der Waals surface area contributed by atoms with Crippen molar-refractivity contribution >= 4 is 23.2 Å². The molecule has 0 aromatic heterocycles. The Morgan fingerprint density at radius 3 is 2.54 bits per heavy atom. The first-order chi connectivity index (χ1) is 12.6. The van der Waals surface area contributed by atoms with Crippen LogP contribution in [0.25, 0.3) is 0 Å². The van der Waals surface area contributed by atoms with Gasteiger partial charge in [0.2, 0.25) is 0 Å². The zero-order valence-electron chi connectivity index (χ0n) is 14.8. The van der Waals surface area contributed by atoms with Gasteiger partial charge in [-0.15, -0.1) is 0 Å². The third-order valence-electron chi connectivity index (χ3n) is 5.74. The van der Waals surface area contributed by atoms with Gasteiger partial charge in [-0.1, -0.05) is 6.42 Å². The Hall–Kier alpha value is -2.50. The lowest BCUT2D eigenvalue weighted by molar-refractivity contribution is -0.123. The maximum atomic E-state index is 12.6. The molecule has 26 heavy (non-hydrogen) atoms. The molecule has 1 saturated carbocycles. The minimum Gasteiger partial charge on any atom is -0.511 e. The van der Waals surface area contributed by atoms with Crippen molar-refractivity contribution in [3.63, 3.8) is 0 Å². The van der Waals surface area contributed by atoms with E-state index in [1.165, 1.54) is 19.3 Å². The molecule has 138 valence electrons. The molecule has 1 aromatic carbocycles. The van der Waals surface area contributed by atoms with Gasteiger partial charge in [-0.2, -0.15) is 0 Å². The van der Waals surface area contributed by atoms with E-state index in [1.54, 1.807) is 0 Å². The molecule has 2 amide bonds. The molecule has 1 aromatic rings. The van der Waals surface area contributed by atoms with Crippen molar-refractivity contribution in [3.05, 3.63) is 35.6 Å². The largest absolute Gasteiger partial charge is 0.511 e. The summed E-state index contributed by atoms with van der Waals surface area (Å²) in [6.45, 7) is 2.13. The van der Waals surface area contributed by atoms with Crippen LogP contribution < -0.4 is 15.5 Å². The number of carbonyl (C=O) groups excluding carboxylic acids is 2. The Balaban J connectivity index is 1.47. The summed E-state index contributed by atoms with van der Waals surface area (Å²) in [7, 11) is 0. The van der Waals surface area contributed by atoms with Crippen molar-refractivity contribution in [2.75, 3.05) is 23.3 Å². The van der Waals surface area contributed by atoms with Crippen LogP contribution in [0.3, 0.4) is 0 Å². The van der Waals surface area contributed by atoms with Gasteiger partial charge in [0, 0.05) is 36.4 Å². The minimum atomic E-state index is -0.545. The summed E-state index contributed by atoms with van der Waals surface area (Å²) in [4.78, 5) is 27.2. The van der Waals surface area contributed by atoms with E-state index in [-0.39, 0.29) is 23.3 Å². The monoisotopic (exact) mass is 355 g/mol. The predicted molar refractivity (Wildman–Crippen MR) is 100 cm³/mol. The van der Waals surface area contributed by atoms with Crippen molar-refractivity contribution in [2.24, 2.45) is 5.92 Å². The first-order valence-corrected chi connectivity index (χ1v) is 9.54. The maximum absolute atomic E-state index is 12.6. The number of amides is 2. The Bertz CT molecular complexity index is 735. The molecule has 2 atom stereocenters. The molecule has 4 rings (SSSR count). The van der Waals surface area contributed by atoms with Crippen molar-refractivity contribution in [2.45, 2.75) is 44.6 Å². The van der Waals surface area contributed by atoms with Gasteiger partial charge in [0.25, 0.3) is 11.8 Å². The Labute approximate surface area is 153 Å². The first-order valence-electron chi connectivity index (χ1n) is 9.54. The Kier molecular flexibility index (Phi) is 4.57. The summed E-state index contributed by atoms with van der Waals surface area (Å²) in [5.74, 6) is -1.21. The number of benzene rings is 1. The van der Waals surface area contributed by atoms with Crippen LogP contribution in [0.15, 0.2) is 35.6 Å². The van der Waals surface area contributed by atoms with Crippen LogP contribution in [0.5, 0.6) is 0 Å². The molecule has 2 heterocycles. The van der Waals surface area contributed by atoms with E-state index < -0.39 is 11.8 Å². The first kappa shape index (κ1) is 16.9. The summed E-state index contributed by atoms with van der Waals surface area (Å²) in [5, 5.41) is 16.0. The maximum Gasteiger partial charge on any atom is 0.264 e. The van der Waals surface area contributed by atoms with E-state index >= 15 is 0 Å². The van der Waals surface area contributed by atoms with Crippen molar-refractivity contribution in [1.82, 2.24) is 5.32 Å². The molecule has 0 spiro atoms. The van der Waals surface area contributed by atoms with Gasteiger partial charge in [-0.3, -0.25) is 9.59 Å². The second-order valence-electron chi connectivity index (χ2n) is 7.43. The normalized spacial score (nSPS) is 25.7. The van der Waals surface area contributed by atoms with Crippen LogP contribution in [0.1, 0.15) is 38.5 Å². The number of nitrogens with one attached hydrogen (secondary N) is 2. The van der Waals surface area contributed by atoms with Crippen molar-refractivity contribution < 1.29 is 14.7 Å². The molecule has 6 heteroatoms. The number of hydrogen-bond acceptors (Lipinski definition) is 4. The fraction of sp³-hybridized carbons (Fsp3) is 0.500. The molecule has 1 aliphatic carbocycles. The molecule has 0 bridgehead atoms. The molecule has 0 unspecified atom stereocenters. The number of carbonyl (C=O) groups is 2. The molecule has 2 aliphatic heterocycles. The Morgan fingerprint density at radius 2 is 1.81 bits per heavy atom. The number of rotatable bonds is 3. The molecule has 3 N–H and O–H groups in total. The lowest BCUT2D eigenvalue weighted by atomic mass is 9.92. The highest BCUT2D eigenvalue weighted by Crippen LogP contribution is 2.35. The van der Waals surface area contributed by atoms with Crippen molar-refractivity contribution in [3.8, 4) is 0 Å². The van der Waals surface area contributed by atoms with E-state index in [0.29, 0.717) is 5.69 Å². The van der Waals surface area contributed by atoms with Gasteiger partial charge < -0.3 is 20.6 Å². The highest BCUT2D eigenvalue weighted by atomic mass is 16.3. The zero-order chi connectivity index (χ0) is 18.1. The highest BCUT2D eigenvalue weighted by molar-refractivity contribution is 6.23. The van der Waals surface area contributed by atoms with Crippen LogP contribution in [-0.4, -0.2) is 36.1 Å². The van der Waals surface area contributed by atoms with Crippen LogP contribution in [0.4, 0.5) is 11.4 Å². The van der Waals surface area contributed by atoms with Crippen LogP contribution in [-0.2, 0) is 9.59 Å². The van der Waals surface area contributed by atoms with E-state index in [9.17, 15) is 14.7 Å². The molecule has 6 nitrogen and oxygen atoms in total. The average molecular weight is 355 g/mol. The number of fused-ring (bicyclic) bond motifs is 1. The van der Waals surface area contributed by atoms with Gasteiger partial charge >= 0.3 is 0 Å². The smallest absolute Gasteiger partial charge is 0.264 e. The predicted octanol–water partition coefficient (Wildman–Crippen LogP) is 2.73. The summed E-state index contributed by atoms with van der Waals surface area (Å²) in [5.41, 5.74) is 1.62. The van der Waals surface area contributed by atoms with Crippen molar-refractivity contribution in [1.29, 1.82) is 0 Å². The van der Waals surface area contributed by atoms with Crippen LogP contribution in [0.2, 0.25) is 0 Å². The number of aliphatic hydroxyl groups excluding tert-OH is 1. The van der Waals surface area contributed by atoms with Crippen LogP contribution in [0, 0.1) is 5.92 Å². The second kappa shape index (κ2) is 7.02. The fourth-order valence-electron chi connectivity index (χ4n) is 4.32. The number of piperidine rings is 1. The molecular formula is C20H25N3O3. The van der Waals surface area contributed by atoms with E-state index in [4.69, 9.17) is 0 Å². The quantitative estimate of drug-likeness (QED) is 0.728. The fourth-order valence-corrected chi connectivity index (χ4v) is 4.32. The van der Waals surface area contributed by atoms with Gasteiger partial charge in [0.1, 0.15) is 11.3 Å². The van der Waals surface area contributed by atoms with E-state index in [1.807, 2.05) is 24.3 Å². The van der Waals surface area contributed by atoms with Gasteiger partial charge in [-0.25, -0.2) is 0 Å². The molecule has 3 aliphatic rings. The van der Waals surface area contributed by atoms with Gasteiger partial charge in [0.05, 0.1) is 0 Å². The SMILES string of the molecule is O=C(Nc1ccc(N2CCCCC2)cc1)C1=C(O)[C@H]2CCC[C@H]2NC1=O. The molecule has 1 saturated heterocycles. The summed E-state index contributed by atoms with van der Waals surface area (Å²) in [6.07, 6.45) is 6.32. The topological polar surface area (TPSA) is 81.7 Å². The third kappa shape index (κ3) is 3.16. The molecule has 2 fully saturated rings.